The molecule has 0 aliphatic carbocycles. The van der Waals surface area contributed by atoms with Gasteiger partial charge in [0.2, 0.25) is 11.8 Å². The molecule has 0 aliphatic heterocycles. The number of aryl methyl sites for hydroxylation is 1. The van der Waals surface area contributed by atoms with Crippen molar-refractivity contribution in [3.8, 4) is 0 Å². The quantitative estimate of drug-likeness (QED) is 0.330. The fourth-order valence-corrected chi connectivity index (χ4v) is 5.54. The van der Waals surface area contributed by atoms with Crippen LogP contribution in [-0.2, 0) is 26.0 Å². The zero-order valence-electron chi connectivity index (χ0n) is 22.8. The largest absolute Gasteiger partial charge is 0.354 e. The fourth-order valence-electron chi connectivity index (χ4n) is 4.00. The second-order valence-corrected chi connectivity index (χ2v) is 12.2. The first-order valence-electron chi connectivity index (χ1n) is 12.9. The maximum absolute atomic E-state index is 13.8. The monoisotopic (exact) mass is 569 g/mol. The highest BCUT2D eigenvalue weighted by molar-refractivity contribution is 7.92. The zero-order chi connectivity index (χ0) is 28.6. The van der Waals surface area contributed by atoms with Gasteiger partial charge in [-0.3, -0.25) is 13.9 Å². The normalized spacial score (nSPS) is 12.2. The molecule has 7 nitrogen and oxygen atoms in total. The molecule has 1 atom stereocenters. The summed E-state index contributed by atoms with van der Waals surface area (Å²) in [6.45, 7) is 7.76. The molecule has 0 heterocycles. The van der Waals surface area contributed by atoms with Crippen LogP contribution >= 0.6 is 11.6 Å². The molecule has 3 aromatic rings. The molecule has 0 radical (unpaired) electrons. The highest BCUT2D eigenvalue weighted by atomic mass is 35.5. The average Bonchev–Trinajstić information content (AvgIpc) is 2.91. The summed E-state index contributed by atoms with van der Waals surface area (Å²) >= 11 is 6.06. The summed E-state index contributed by atoms with van der Waals surface area (Å²) in [5.74, 6) is -0.525. The van der Waals surface area contributed by atoms with Gasteiger partial charge in [-0.25, -0.2) is 8.42 Å². The number of anilines is 1. The molecular formula is C30H36ClN3O4S. The molecule has 9 heteroatoms. The lowest BCUT2D eigenvalue weighted by atomic mass is 10.1. The molecule has 0 unspecified atom stereocenters. The minimum Gasteiger partial charge on any atom is -0.354 e. The highest BCUT2D eigenvalue weighted by Gasteiger charge is 2.32. The van der Waals surface area contributed by atoms with Crippen LogP contribution in [0.4, 0.5) is 5.69 Å². The Morgan fingerprint density at radius 3 is 2.10 bits per heavy atom. The van der Waals surface area contributed by atoms with Gasteiger partial charge in [-0.2, -0.15) is 0 Å². The molecule has 0 aromatic heterocycles. The molecule has 0 bridgehead atoms. The Hall–Kier alpha value is -3.36. The Morgan fingerprint density at radius 1 is 0.897 bits per heavy atom. The van der Waals surface area contributed by atoms with E-state index >= 15 is 0 Å². The van der Waals surface area contributed by atoms with Gasteiger partial charge in [0.25, 0.3) is 10.0 Å². The first-order valence-corrected chi connectivity index (χ1v) is 14.8. The van der Waals surface area contributed by atoms with Crippen molar-refractivity contribution in [3.05, 3.63) is 95.0 Å². The van der Waals surface area contributed by atoms with Crippen LogP contribution in [0.3, 0.4) is 0 Å². The van der Waals surface area contributed by atoms with E-state index in [1.165, 1.54) is 17.0 Å². The van der Waals surface area contributed by atoms with Crippen molar-refractivity contribution in [2.45, 2.75) is 45.1 Å². The number of benzene rings is 3. The third kappa shape index (κ3) is 8.31. The second kappa shape index (κ2) is 13.6. The van der Waals surface area contributed by atoms with Gasteiger partial charge >= 0.3 is 0 Å². The van der Waals surface area contributed by atoms with E-state index in [0.717, 1.165) is 15.4 Å². The van der Waals surface area contributed by atoms with Crippen molar-refractivity contribution < 1.29 is 18.0 Å². The topological polar surface area (TPSA) is 86.8 Å². The molecule has 2 amide bonds. The molecule has 0 fully saturated rings. The molecule has 0 saturated heterocycles. The summed E-state index contributed by atoms with van der Waals surface area (Å²) in [7, 11) is -4.10. The number of hydrogen-bond acceptors (Lipinski definition) is 4. The number of sulfonamides is 1. The predicted molar refractivity (Wildman–Crippen MR) is 156 cm³/mol. The third-order valence-corrected chi connectivity index (χ3v) is 8.38. The Bertz CT molecular complexity index is 1350. The van der Waals surface area contributed by atoms with Crippen molar-refractivity contribution in [1.29, 1.82) is 0 Å². The van der Waals surface area contributed by atoms with Gasteiger partial charge in [-0.15, -0.1) is 0 Å². The number of halogens is 1. The van der Waals surface area contributed by atoms with E-state index in [0.29, 0.717) is 23.7 Å². The van der Waals surface area contributed by atoms with E-state index in [4.69, 9.17) is 11.6 Å². The van der Waals surface area contributed by atoms with Crippen LogP contribution in [0, 0.1) is 12.8 Å². The van der Waals surface area contributed by atoms with E-state index < -0.39 is 28.5 Å². The molecule has 3 rings (SSSR count). The van der Waals surface area contributed by atoms with Gasteiger partial charge in [0.1, 0.15) is 12.6 Å². The smallest absolute Gasteiger partial charge is 0.264 e. The average molecular weight is 570 g/mol. The van der Waals surface area contributed by atoms with E-state index in [1.807, 2.05) is 51.1 Å². The standard InChI is InChI=1S/C30H36ClN3O4S/c1-22(2)20-32-30(36)24(4)33(19-18-25-8-6-5-7-9-25)29(35)21-34(27-14-12-26(31)13-15-27)39(37,38)28-16-10-23(3)11-17-28/h5-17,22,24H,18-21H2,1-4H3,(H,32,36)/t24-/m1/s1. The number of carbonyl (C=O) groups excluding carboxylic acids is 2. The van der Waals surface area contributed by atoms with Gasteiger partial charge in [0, 0.05) is 18.1 Å². The summed E-state index contributed by atoms with van der Waals surface area (Å²) in [5.41, 5.74) is 2.22. The lowest BCUT2D eigenvalue weighted by molar-refractivity contribution is -0.138. The first-order chi connectivity index (χ1) is 18.5. The van der Waals surface area contributed by atoms with Crippen molar-refractivity contribution in [2.24, 2.45) is 5.92 Å². The van der Waals surface area contributed by atoms with Gasteiger partial charge in [-0.1, -0.05) is 73.5 Å². The number of nitrogens with one attached hydrogen (secondary N) is 1. The van der Waals surface area contributed by atoms with Crippen LogP contribution in [-0.4, -0.2) is 50.8 Å². The lowest BCUT2D eigenvalue weighted by Gasteiger charge is -2.32. The van der Waals surface area contributed by atoms with E-state index in [2.05, 4.69) is 5.32 Å². The minimum atomic E-state index is -4.10. The molecule has 3 aromatic carbocycles. The Labute approximate surface area is 236 Å². The number of carbonyl (C=O) groups is 2. The van der Waals surface area contributed by atoms with Crippen molar-refractivity contribution in [3.63, 3.8) is 0 Å². The summed E-state index contributed by atoms with van der Waals surface area (Å²) < 4.78 is 28.7. The van der Waals surface area contributed by atoms with Crippen LogP contribution in [0.25, 0.3) is 0 Å². The maximum Gasteiger partial charge on any atom is 0.264 e. The number of hydrogen-bond donors (Lipinski definition) is 1. The molecule has 39 heavy (non-hydrogen) atoms. The first kappa shape index (κ1) is 30.2. The van der Waals surface area contributed by atoms with E-state index in [1.54, 1.807) is 43.3 Å². The lowest BCUT2D eigenvalue weighted by Crippen LogP contribution is -2.52. The van der Waals surface area contributed by atoms with Crippen LogP contribution in [0.5, 0.6) is 0 Å². The Kier molecular flexibility index (Phi) is 10.5. The fraction of sp³-hybridized carbons (Fsp3) is 0.333. The molecule has 0 spiro atoms. The summed E-state index contributed by atoms with van der Waals surface area (Å²) in [4.78, 5) is 28.4. The Balaban J connectivity index is 1.95. The van der Waals surface area contributed by atoms with Gasteiger partial charge in [-0.05, 0) is 68.1 Å². The molecular weight excluding hydrogens is 534 g/mol. The van der Waals surface area contributed by atoms with Crippen molar-refractivity contribution >= 4 is 39.1 Å². The summed E-state index contributed by atoms with van der Waals surface area (Å²) in [6.07, 6.45) is 0.514. The number of rotatable bonds is 12. The van der Waals surface area contributed by atoms with E-state index in [9.17, 15) is 18.0 Å². The molecule has 0 aliphatic rings. The summed E-state index contributed by atoms with van der Waals surface area (Å²) in [5, 5.41) is 3.33. The molecule has 0 saturated carbocycles. The number of amides is 2. The summed E-state index contributed by atoms with van der Waals surface area (Å²) in [6, 6.07) is 21.6. The third-order valence-electron chi connectivity index (χ3n) is 6.34. The number of nitrogens with zero attached hydrogens (tertiary/aromatic N) is 2. The maximum atomic E-state index is 13.8. The SMILES string of the molecule is Cc1ccc(S(=O)(=O)N(CC(=O)N(CCc2ccccc2)[C@H](C)C(=O)NCC(C)C)c2ccc(Cl)cc2)cc1. The van der Waals surface area contributed by atoms with Crippen LogP contribution in [0.15, 0.2) is 83.8 Å². The van der Waals surface area contributed by atoms with Crippen LogP contribution in [0.2, 0.25) is 5.02 Å². The molecule has 1 N–H and O–H groups in total. The van der Waals surface area contributed by atoms with Crippen molar-refractivity contribution in [2.75, 3.05) is 23.9 Å². The van der Waals surface area contributed by atoms with Gasteiger partial charge in [0.05, 0.1) is 10.6 Å². The second-order valence-electron chi connectivity index (χ2n) is 9.94. The van der Waals surface area contributed by atoms with Crippen molar-refractivity contribution in [1.82, 2.24) is 10.2 Å². The van der Waals surface area contributed by atoms with E-state index in [-0.39, 0.29) is 23.3 Å². The van der Waals surface area contributed by atoms with Gasteiger partial charge in [0.15, 0.2) is 0 Å². The molecule has 208 valence electrons. The highest BCUT2D eigenvalue weighted by Crippen LogP contribution is 2.26. The van der Waals surface area contributed by atoms with Gasteiger partial charge < -0.3 is 10.2 Å². The minimum absolute atomic E-state index is 0.0643. The van der Waals surface area contributed by atoms with Crippen LogP contribution < -0.4 is 9.62 Å². The van der Waals surface area contributed by atoms with Crippen LogP contribution in [0.1, 0.15) is 31.9 Å². The predicted octanol–water partition coefficient (Wildman–Crippen LogP) is 5.08. The zero-order valence-corrected chi connectivity index (χ0v) is 24.4. The Morgan fingerprint density at radius 2 is 1.51 bits per heavy atom.